The number of hydrogen-bond donors (Lipinski definition) is 2. The molecule has 0 spiro atoms. The summed E-state index contributed by atoms with van der Waals surface area (Å²) in [4.78, 5) is 23.6. The van der Waals surface area contributed by atoms with Gasteiger partial charge in [0.2, 0.25) is 5.91 Å². The fourth-order valence-electron chi connectivity index (χ4n) is 2.41. The van der Waals surface area contributed by atoms with Gasteiger partial charge < -0.3 is 15.2 Å². The van der Waals surface area contributed by atoms with E-state index in [1.54, 1.807) is 24.3 Å². The highest BCUT2D eigenvalue weighted by atomic mass is 16.5. The van der Waals surface area contributed by atoms with Crippen molar-refractivity contribution in [3.63, 3.8) is 0 Å². The summed E-state index contributed by atoms with van der Waals surface area (Å²) in [6.45, 7) is 0. The van der Waals surface area contributed by atoms with E-state index in [4.69, 9.17) is 4.74 Å². The summed E-state index contributed by atoms with van der Waals surface area (Å²) in [5.41, 5.74) is 1.02. The first kappa shape index (κ1) is 17.9. The van der Waals surface area contributed by atoms with Crippen molar-refractivity contribution in [2.24, 2.45) is 0 Å². The molecule has 5 nitrogen and oxygen atoms in total. The molecular formula is C22H17NO4. The molecule has 5 heteroatoms. The molecule has 0 bridgehead atoms. The number of carboxylic acids is 1. The molecule has 0 unspecified atom stereocenters. The number of anilines is 1. The molecule has 3 rings (SSSR count). The minimum absolute atomic E-state index is 0.0168. The Morgan fingerprint density at radius 3 is 2.19 bits per heavy atom. The standard InChI is InChI=1S/C22H17NO4/c24-21(14-11-16-7-3-1-4-8-16)23-20-15-18(12-13-19(20)22(25)26)27-17-9-5-2-6-10-17/h1-15H,(H,23,24)(H,25,26)/b14-11+. The van der Waals surface area contributed by atoms with E-state index in [1.807, 2.05) is 48.5 Å². The highest BCUT2D eigenvalue weighted by Crippen LogP contribution is 2.27. The third-order valence-corrected chi connectivity index (χ3v) is 3.68. The van der Waals surface area contributed by atoms with E-state index in [0.29, 0.717) is 11.5 Å². The average molecular weight is 359 g/mol. The second-order valence-electron chi connectivity index (χ2n) is 5.66. The number of carbonyl (C=O) groups is 2. The number of rotatable bonds is 6. The monoisotopic (exact) mass is 359 g/mol. The number of ether oxygens (including phenoxy) is 1. The summed E-state index contributed by atoms with van der Waals surface area (Å²) in [5.74, 6) is -0.530. The predicted molar refractivity (Wildman–Crippen MR) is 104 cm³/mol. The third-order valence-electron chi connectivity index (χ3n) is 3.68. The van der Waals surface area contributed by atoms with Crippen LogP contribution in [0.4, 0.5) is 5.69 Å². The quantitative estimate of drug-likeness (QED) is 0.618. The Kier molecular flexibility index (Phi) is 5.64. The van der Waals surface area contributed by atoms with E-state index in [1.165, 1.54) is 18.2 Å². The molecule has 0 saturated carbocycles. The molecule has 0 saturated heterocycles. The third kappa shape index (κ3) is 5.06. The second kappa shape index (κ2) is 8.49. The second-order valence-corrected chi connectivity index (χ2v) is 5.66. The van der Waals surface area contributed by atoms with Crippen LogP contribution in [-0.4, -0.2) is 17.0 Å². The van der Waals surface area contributed by atoms with Crippen molar-refractivity contribution in [1.29, 1.82) is 0 Å². The molecule has 0 aliphatic heterocycles. The first-order valence-electron chi connectivity index (χ1n) is 8.26. The van der Waals surface area contributed by atoms with Crippen LogP contribution in [0.3, 0.4) is 0 Å². The summed E-state index contributed by atoms with van der Waals surface area (Å²) in [6, 6.07) is 22.9. The van der Waals surface area contributed by atoms with Gasteiger partial charge in [-0.05, 0) is 35.9 Å². The van der Waals surface area contributed by atoms with Crippen LogP contribution in [0.25, 0.3) is 6.08 Å². The van der Waals surface area contributed by atoms with Crippen LogP contribution >= 0.6 is 0 Å². The molecule has 0 radical (unpaired) electrons. The molecule has 3 aromatic carbocycles. The molecule has 0 aliphatic rings. The van der Waals surface area contributed by atoms with Gasteiger partial charge in [0.1, 0.15) is 11.5 Å². The number of carboxylic acid groups (broad SMARTS) is 1. The average Bonchev–Trinajstić information content (AvgIpc) is 2.68. The first-order chi connectivity index (χ1) is 13.1. The SMILES string of the molecule is O=C(/C=C/c1ccccc1)Nc1cc(Oc2ccccc2)ccc1C(=O)O. The molecule has 2 N–H and O–H groups in total. The topological polar surface area (TPSA) is 75.6 Å². The predicted octanol–water partition coefficient (Wildman–Crippen LogP) is 4.83. The van der Waals surface area contributed by atoms with Crippen molar-refractivity contribution >= 4 is 23.6 Å². The minimum atomic E-state index is -1.14. The number of para-hydroxylation sites is 1. The molecule has 0 aromatic heterocycles. The number of amides is 1. The van der Waals surface area contributed by atoms with Crippen LogP contribution in [0.5, 0.6) is 11.5 Å². The van der Waals surface area contributed by atoms with Crippen LogP contribution in [0.1, 0.15) is 15.9 Å². The van der Waals surface area contributed by atoms with E-state index < -0.39 is 11.9 Å². The largest absolute Gasteiger partial charge is 0.478 e. The van der Waals surface area contributed by atoms with Crippen molar-refractivity contribution < 1.29 is 19.4 Å². The fourth-order valence-corrected chi connectivity index (χ4v) is 2.41. The van der Waals surface area contributed by atoms with E-state index >= 15 is 0 Å². The van der Waals surface area contributed by atoms with E-state index in [9.17, 15) is 14.7 Å². The smallest absolute Gasteiger partial charge is 0.337 e. The maximum atomic E-state index is 12.2. The Hall–Kier alpha value is -3.86. The van der Waals surface area contributed by atoms with Crippen LogP contribution in [0.15, 0.2) is 84.9 Å². The van der Waals surface area contributed by atoms with Gasteiger partial charge in [0.25, 0.3) is 0 Å². The molecule has 0 fully saturated rings. The molecule has 0 atom stereocenters. The van der Waals surface area contributed by atoms with Crippen molar-refractivity contribution in [2.45, 2.75) is 0 Å². The van der Waals surface area contributed by atoms with Gasteiger partial charge in [0, 0.05) is 12.1 Å². The van der Waals surface area contributed by atoms with E-state index in [2.05, 4.69) is 5.32 Å². The van der Waals surface area contributed by atoms with Gasteiger partial charge in [-0.2, -0.15) is 0 Å². The lowest BCUT2D eigenvalue weighted by molar-refractivity contribution is -0.111. The van der Waals surface area contributed by atoms with Crippen LogP contribution in [-0.2, 0) is 4.79 Å². The van der Waals surface area contributed by atoms with Crippen LogP contribution in [0.2, 0.25) is 0 Å². The van der Waals surface area contributed by atoms with Gasteiger partial charge in [-0.3, -0.25) is 4.79 Å². The zero-order chi connectivity index (χ0) is 19.1. The number of aromatic carboxylic acids is 1. The summed E-state index contributed by atoms with van der Waals surface area (Å²) < 4.78 is 5.70. The Balaban J connectivity index is 1.79. The maximum Gasteiger partial charge on any atom is 0.337 e. The number of carbonyl (C=O) groups excluding carboxylic acids is 1. The van der Waals surface area contributed by atoms with Gasteiger partial charge in [-0.15, -0.1) is 0 Å². The molecule has 27 heavy (non-hydrogen) atoms. The van der Waals surface area contributed by atoms with Gasteiger partial charge in [-0.1, -0.05) is 48.5 Å². The summed E-state index contributed by atoms with van der Waals surface area (Å²) in [5, 5.41) is 12.0. The maximum absolute atomic E-state index is 12.2. The Morgan fingerprint density at radius 2 is 1.52 bits per heavy atom. The molecule has 134 valence electrons. The van der Waals surface area contributed by atoms with Crippen molar-refractivity contribution in [3.05, 3.63) is 96.1 Å². The molecule has 1 amide bonds. The summed E-state index contributed by atoms with van der Waals surface area (Å²) in [6.07, 6.45) is 3.01. The van der Waals surface area contributed by atoms with Gasteiger partial charge >= 0.3 is 5.97 Å². The zero-order valence-corrected chi connectivity index (χ0v) is 14.3. The number of benzene rings is 3. The minimum Gasteiger partial charge on any atom is -0.478 e. The Labute approximate surface area is 156 Å². The van der Waals surface area contributed by atoms with Crippen molar-refractivity contribution in [3.8, 4) is 11.5 Å². The molecule has 3 aromatic rings. The van der Waals surface area contributed by atoms with E-state index in [-0.39, 0.29) is 11.3 Å². The van der Waals surface area contributed by atoms with Crippen molar-refractivity contribution in [1.82, 2.24) is 0 Å². The molecule has 0 heterocycles. The zero-order valence-electron chi connectivity index (χ0n) is 14.3. The Bertz CT molecular complexity index is 966. The number of nitrogens with one attached hydrogen (secondary N) is 1. The lowest BCUT2D eigenvalue weighted by Crippen LogP contribution is -2.12. The molecule has 0 aliphatic carbocycles. The lowest BCUT2D eigenvalue weighted by Gasteiger charge is -2.11. The summed E-state index contributed by atoms with van der Waals surface area (Å²) in [7, 11) is 0. The van der Waals surface area contributed by atoms with Crippen molar-refractivity contribution in [2.75, 3.05) is 5.32 Å². The number of hydrogen-bond acceptors (Lipinski definition) is 3. The van der Waals surface area contributed by atoms with Crippen LogP contribution in [0, 0.1) is 0 Å². The van der Waals surface area contributed by atoms with E-state index in [0.717, 1.165) is 5.56 Å². The highest BCUT2D eigenvalue weighted by molar-refractivity contribution is 6.06. The normalized spacial score (nSPS) is 10.5. The van der Waals surface area contributed by atoms with Gasteiger partial charge in [0.15, 0.2) is 0 Å². The van der Waals surface area contributed by atoms with Crippen LogP contribution < -0.4 is 10.1 Å². The fraction of sp³-hybridized carbons (Fsp3) is 0. The first-order valence-corrected chi connectivity index (χ1v) is 8.26. The highest BCUT2D eigenvalue weighted by Gasteiger charge is 2.13. The van der Waals surface area contributed by atoms with Gasteiger partial charge in [0.05, 0.1) is 11.3 Å². The Morgan fingerprint density at radius 1 is 0.852 bits per heavy atom. The van der Waals surface area contributed by atoms with Gasteiger partial charge in [-0.25, -0.2) is 4.79 Å². The summed E-state index contributed by atoms with van der Waals surface area (Å²) >= 11 is 0. The molecular weight excluding hydrogens is 342 g/mol. The lowest BCUT2D eigenvalue weighted by atomic mass is 10.1.